The number of hydrogen-bond acceptors (Lipinski definition) is 7. The lowest BCUT2D eigenvalue weighted by atomic mass is 9.69. The van der Waals surface area contributed by atoms with Crippen LogP contribution in [0.4, 0.5) is 35.4 Å². The van der Waals surface area contributed by atoms with Crippen LogP contribution >= 0.6 is 11.5 Å². The number of amides is 1. The molecule has 1 saturated carbocycles. The van der Waals surface area contributed by atoms with Gasteiger partial charge in [0.15, 0.2) is 0 Å². The van der Waals surface area contributed by atoms with E-state index < -0.39 is 6.30 Å². The van der Waals surface area contributed by atoms with Gasteiger partial charge in [-0.05, 0) is 37.5 Å². The molecule has 7 nitrogen and oxygen atoms in total. The highest BCUT2D eigenvalue weighted by Crippen LogP contribution is 2.55. The van der Waals surface area contributed by atoms with Crippen LogP contribution in [-0.4, -0.2) is 34.7 Å². The number of anilines is 2. The largest absolute Gasteiger partial charge is 0.491 e. The minimum Gasteiger partial charge on any atom is -0.368 e. The highest BCUT2D eigenvalue weighted by Gasteiger charge is 2.49. The molecule has 2 heterocycles. The molecule has 1 fully saturated rings. The molecule has 0 radical (unpaired) electrons. The van der Waals surface area contributed by atoms with Gasteiger partial charge in [-0.2, -0.15) is 4.37 Å². The molecule has 2 atom stereocenters. The first-order chi connectivity index (χ1) is 14.3. The zero-order chi connectivity index (χ0) is 21.5. The van der Waals surface area contributed by atoms with Gasteiger partial charge in [-0.3, -0.25) is 4.79 Å². The number of fused-ring (bicyclic) bond motifs is 3. The predicted octanol–water partition coefficient (Wildman–Crippen LogP) is 5.48. The topological polar surface area (TPSA) is 74.0 Å². The molecule has 2 unspecified atom stereocenters. The van der Waals surface area contributed by atoms with Gasteiger partial charge >= 0.3 is 6.30 Å². The first-order valence-electron chi connectivity index (χ1n) is 9.74. The number of azo groups is 1. The Balaban J connectivity index is 1.90. The molecule has 1 aliphatic heterocycles. The van der Waals surface area contributed by atoms with Crippen LogP contribution in [0.15, 0.2) is 28.7 Å². The summed E-state index contributed by atoms with van der Waals surface area (Å²) in [6.45, 7) is 4.83. The molecule has 0 bridgehead atoms. The number of hydrogen-bond donors (Lipinski definition) is 0. The maximum Gasteiger partial charge on any atom is 0.491 e. The lowest BCUT2D eigenvalue weighted by molar-refractivity contribution is -0.141. The number of benzene rings is 1. The van der Waals surface area contributed by atoms with Gasteiger partial charge in [-0.25, -0.2) is 9.88 Å². The van der Waals surface area contributed by atoms with Crippen LogP contribution in [0.2, 0.25) is 0 Å². The van der Waals surface area contributed by atoms with Crippen molar-refractivity contribution >= 4 is 40.1 Å². The summed E-state index contributed by atoms with van der Waals surface area (Å²) in [5.41, 5.74) is 1.14. The Morgan fingerprint density at radius 3 is 2.80 bits per heavy atom. The standard InChI is InChI=1S/C19H21F3N6OS/c1-3-27-14-9-15(28(11-29)19(20,21)22)13(25-26-17-23-10-24-30-17)8-12(14)18(2)7-5-4-6-16(18)27/h8-11,16H,3-7H2,1-2H3. The number of aromatic nitrogens is 2. The van der Waals surface area contributed by atoms with E-state index in [2.05, 4.69) is 31.4 Å². The van der Waals surface area contributed by atoms with Crippen LogP contribution in [0.25, 0.3) is 0 Å². The van der Waals surface area contributed by atoms with Gasteiger partial charge in [-0.1, -0.05) is 19.8 Å². The van der Waals surface area contributed by atoms with Crippen LogP contribution in [0.3, 0.4) is 0 Å². The zero-order valence-corrected chi connectivity index (χ0v) is 17.4. The fourth-order valence-electron chi connectivity index (χ4n) is 4.78. The lowest BCUT2D eigenvalue weighted by Crippen LogP contribution is -2.45. The van der Waals surface area contributed by atoms with E-state index in [1.807, 2.05) is 6.92 Å². The summed E-state index contributed by atoms with van der Waals surface area (Å²) in [4.78, 5) is 17.2. The second-order valence-corrected chi connectivity index (χ2v) is 8.45. The Morgan fingerprint density at radius 2 is 2.17 bits per heavy atom. The predicted molar refractivity (Wildman–Crippen MR) is 108 cm³/mol. The van der Waals surface area contributed by atoms with Crippen LogP contribution in [0.5, 0.6) is 0 Å². The minimum absolute atomic E-state index is 0.0168. The average Bonchev–Trinajstić information content (AvgIpc) is 3.29. The van der Waals surface area contributed by atoms with Crippen molar-refractivity contribution in [3.8, 4) is 0 Å². The highest BCUT2D eigenvalue weighted by atomic mass is 32.1. The van der Waals surface area contributed by atoms with Gasteiger partial charge < -0.3 is 4.90 Å². The van der Waals surface area contributed by atoms with Gasteiger partial charge in [0.05, 0.1) is 5.69 Å². The van der Waals surface area contributed by atoms with Gasteiger partial charge in [0.1, 0.15) is 12.0 Å². The summed E-state index contributed by atoms with van der Waals surface area (Å²) in [6.07, 6.45) is 0.265. The van der Waals surface area contributed by atoms with Crippen LogP contribution in [-0.2, 0) is 10.2 Å². The van der Waals surface area contributed by atoms with Crippen molar-refractivity contribution in [3.05, 3.63) is 24.0 Å². The fraction of sp³-hybridized carbons (Fsp3) is 0.526. The van der Waals surface area contributed by atoms with Crippen molar-refractivity contribution in [1.82, 2.24) is 9.36 Å². The van der Waals surface area contributed by atoms with E-state index in [-0.39, 0.29) is 39.3 Å². The summed E-state index contributed by atoms with van der Waals surface area (Å²) >= 11 is 0.980. The second kappa shape index (κ2) is 7.60. The van der Waals surface area contributed by atoms with E-state index >= 15 is 0 Å². The molecule has 0 spiro atoms. The zero-order valence-electron chi connectivity index (χ0n) is 16.6. The Morgan fingerprint density at radius 1 is 1.37 bits per heavy atom. The van der Waals surface area contributed by atoms with Gasteiger partial charge in [0.2, 0.25) is 11.5 Å². The third-order valence-electron chi connectivity index (χ3n) is 6.12. The summed E-state index contributed by atoms with van der Waals surface area (Å²) in [6, 6.07) is 3.30. The van der Waals surface area contributed by atoms with Crippen molar-refractivity contribution in [2.24, 2.45) is 10.2 Å². The first kappa shape index (κ1) is 20.7. The molecule has 0 N–H and O–H groups in total. The van der Waals surface area contributed by atoms with Gasteiger partial charge in [0, 0.05) is 35.2 Å². The molecule has 1 aromatic heterocycles. The summed E-state index contributed by atoms with van der Waals surface area (Å²) in [5, 5.41) is 8.20. The van der Waals surface area contributed by atoms with Crippen molar-refractivity contribution < 1.29 is 18.0 Å². The lowest BCUT2D eigenvalue weighted by Gasteiger charge is -2.40. The van der Waals surface area contributed by atoms with Crippen molar-refractivity contribution in [2.45, 2.75) is 57.3 Å². The SMILES string of the molecule is CCN1c2cc(N(C=O)C(F)(F)F)c(N=Nc3ncns3)cc2C2(C)CCCCC12. The maximum absolute atomic E-state index is 13.6. The van der Waals surface area contributed by atoms with E-state index in [1.165, 1.54) is 12.4 Å². The first-order valence-corrected chi connectivity index (χ1v) is 10.5. The molecular formula is C19H21F3N6OS. The molecule has 1 amide bonds. The average molecular weight is 438 g/mol. The van der Waals surface area contributed by atoms with Gasteiger partial charge in [0.25, 0.3) is 0 Å². The summed E-state index contributed by atoms with van der Waals surface area (Å²) in [5.74, 6) is 0. The van der Waals surface area contributed by atoms with Crippen molar-refractivity contribution in [1.29, 1.82) is 0 Å². The molecule has 1 aromatic carbocycles. The van der Waals surface area contributed by atoms with Crippen LogP contribution < -0.4 is 9.80 Å². The Bertz CT molecular complexity index is 964. The van der Waals surface area contributed by atoms with Crippen LogP contribution in [0, 0.1) is 0 Å². The van der Waals surface area contributed by atoms with E-state index in [9.17, 15) is 18.0 Å². The molecule has 2 aliphatic rings. The monoisotopic (exact) mass is 438 g/mol. The number of carbonyl (C=O) groups excluding carboxylic acids is 1. The molecule has 160 valence electrons. The third kappa shape index (κ3) is 3.34. The Labute approximate surface area is 175 Å². The maximum atomic E-state index is 13.6. The second-order valence-electron chi connectivity index (χ2n) is 7.69. The molecule has 2 aromatic rings. The van der Waals surface area contributed by atoms with Crippen molar-refractivity contribution in [3.63, 3.8) is 0 Å². The summed E-state index contributed by atoms with van der Waals surface area (Å²) in [7, 11) is 0. The number of rotatable bonds is 5. The third-order valence-corrected chi connectivity index (χ3v) is 6.67. The molecular weight excluding hydrogens is 417 g/mol. The number of carbonyl (C=O) groups is 1. The number of halogens is 3. The smallest absolute Gasteiger partial charge is 0.368 e. The molecule has 0 saturated heterocycles. The molecule has 4 rings (SSSR count). The van der Waals surface area contributed by atoms with Crippen LogP contribution in [0.1, 0.15) is 45.1 Å². The number of alkyl halides is 3. The fourth-order valence-corrected chi connectivity index (χ4v) is 5.14. The Kier molecular flexibility index (Phi) is 5.25. The number of likely N-dealkylation sites (N-methyl/N-ethyl adjacent to an activating group) is 1. The molecule has 11 heteroatoms. The van der Waals surface area contributed by atoms with Gasteiger partial charge in [-0.15, -0.1) is 23.4 Å². The van der Waals surface area contributed by atoms with E-state index in [1.54, 1.807) is 6.07 Å². The van der Waals surface area contributed by atoms with Crippen molar-refractivity contribution in [2.75, 3.05) is 16.3 Å². The Hall–Kier alpha value is -2.56. The highest BCUT2D eigenvalue weighted by molar-refractivity contribution is 7.09. The van der Waals surface area contributed by atoms with E-state index in [0.717, 1.165) is 48.5 Å². The summed E-state index contributed by atoms with van der Waals surface area (Å²) < 4.78 is 44.6. The normalized spacial score (nSPS) is 23.5. The van der Waals surface area contributed by atoms with E-state index in [4.69, 9.17) is 0 Å². The van der Waals surface area contributed by atoms with E-state index in [0.29, 0.717) is 6.54 Å². The molecule has 30 heavy (non-hydrogen) atoms. The minimum atomic E-state index is -4.88. The quantitative estimate of drug-likeness (QED) is 0.352. The number of nitrogens with zero attached hydrogens (tertiary/aromatic N) is 6. The molecule has 1 aliphatic carbocycles.